The lowest BCUT2D eigenvalue weighted by atomic mass is 10.1. The fourth-order valence-corrected chi connectivity index (χ4v) is 3.69. The van der Waals surface area contributed by atoms with Crippen molar-refractivity contribution < 1.29 is 14.3 Å². The second-order valence-electron chi connectivity index (χ2n) is 7.72. The monoisotopic (exact) mass is 425 g/mol. The molecule has 4 rings (SSSR count). The second kappa shape index (κ2) is 9.56. The van der Waals surface area contributed by atoms with Crippen LogP contribution in [-0.4, -0.2) is 12.5 Å². The predicted octanol–water partition coefficient (Wildman–Crippen LogP) is 6.69. The normalized spacial score (nSPS) is 10.7. The summed E-state index contributed by atoms with van der Waals surface area (Å²) in [4.78, 5) is 13.0. The van der Waals surface area contributed by atoms with Gasteiger partial charge in [-0.25, -0.2) is 0 Å². The zero-order valence-electron chi connectivity index (χ0n) is 18.6. The third-order valence-corrected chi connectivity index (χ3v) is 5.61. The first-order chi connectivity index (χ1) is 15.6. The predicted molar refractivity (Wildman–Crippen MR) is 130 cm³/mol. The van der Waals surface area contributed by atoms with Gasteiger partial charge < -0.3 is 14.8 Å². The molecule has 0 aliphatic rings. The highest BCUT2D eigenvalue weighted by Crippen LogP contribution is 2.28. The molecule has 32 heavy (non-hydrogen) atoms. The zero-order valence-corrected chi connectivity index (χ0v) is 18.6. The van der Waals surface area contributed by atoms with Crippen LogP contribution in [0.15, 0.2) is 78.9 Å². The summed E-state index contributed by atoms with van der Waals surface area (Å²) in [6.07, 6.45) is 0. The number of hydrogen-bond acceptors (Lipinski definition) is 3. The average Bonchev–Trinajstić information content (AvgIpc) is 2.81. The molecule has 4 aromatic rings. The van der Waals surface area contributed by atoms with Crippen molar-refractivity contribution in [2.24, 2.45) is 0 Å². The maximum Gasteiger partial charge on any atom is 0.255 e. The van der Waals surface area contributed by atoms with Crippen molar-refractivity contribution in [3.8, 4) is 11.5 Å². The molecular weight excluding hydrogens is 398 g/mol. The summed E-state index contributed by atoms with van der Waals surface area (Å²) in [6.45, 7) is 6.82. The second-order valence-corrected chi connectivity index (χ2v) is 7.72. The van der Waals surface area contributed by atoms with Gasteiger partial charge in [0.25, 0.3) is 5.91 Å². The molecule has 162 valence electrons. The summed E-state index contributed by atoms with van der Waals surface area (Å²) in [7, 11) is 0. The van der Waals surface area contributed by atoms with Gasteiger partial charge in [-0.2, -0.15) is 0 Å². The highest BCUT2D eigenvalue weighted by molar-refractivity contribution is 6.05. The minimum atomic E-state index is -0.159. The van der Waals surface area contributed by atoms with E-state index in [4.69, 9.17) is 9.47 Å². The summed E-state index contributed by atoms with van der Waals surface area (Å²) in [5, 5.41) is 5.20. The van der Waals surface area contributed by atoms with Crippen LogP contribution < -0.4 is 14.8 Å². The van der Waals surface area contributed by atoms with Gasteiger partial charge in [-0.15, -0.1) is 0 Å². The number of amides is 1. The van der Waals surface area contributed by atoms with Crippen LogP contribution in [0.25, 0.3) is 10.8 Å². The molecule has 1 amide bonds. The van der Waals surface area contributed by atoms with Crippen molar-refractivity contribution in [1.82, 2.24) is 0 Å². The van der Waals surface area contributed by atoms with Gasteiger partial charge in [0, 0.05) is 22.2 Å². The smallest absolute Gasteiger partial charge is 0.255 e. The van der Waals surface area contributed by atoms with Crippen molar-refractivity contribution in [2.75, 3.05) is 11.9 Å². The standard InChI is InChI=1S/C28H27NO3/c1-4-31-26-16-15-22(28(30)29-25-13-7-9-19(2)20(25)3)17-23(26)18-32-27-14-8-11-21-10-5-6-12-24(21)27/h5-17H,4,18H2,1-3H3,(H,29,30). The third kappa shape index (κ3) is 4.59. The molecule has 0 aliphatic heterocycles. The summed E-state index contributed by atoms with van der Waals surface area (Å²) in [5.41, 5.74) is 4.40. The van der Waals surface area contributed by atoms with E-state index in [0.29, 0.717) is 18.8 Å². The number of benzene rings is 4. The molecule has 0 saturated heterocycles. The molecule has 4 heteroatoms. The van der Waals surface area contributed by atoms with Crippen LogP contribution in [0.2, 0.25) is 0 Å². The Morgan fingerprint density at radius 3 is 2.47 bits per heavy atom. The van der Waals surface area contributed by atoms with E-state index in [1.54, 1.807) is 6.07 Å². The fourth-order valence-electron chi connectivity index (χ4n) is 3.69. The summed E-state index contributed by atoms with van der Waals surface area (Å²) in [6, 6.07) is 25.5. The summed E-state index contributed by atoms with van der Waals surface area (Å²) >= 11 is 0. The minimum absolute atomic E-state index is 0.159. The first-order valence-electron chi connectivity index (χ1n) is 10.8. The van der Waals surface area contributed by atoms with Crippen LogP contribution in [0, 0.1) is 13.8 Å². The number of carbonyl (C=O) groups is 1. The van der Waals surface area contributed by atoms with Crippen LogP contribution in [0.3, 0.4) is 0 Å². The van der Waals surface area contributed by atoms with E-state index >= 15 is 0 Å². The number of nitrogens with one attached hydrogen (secondary N) is 1. The summed E-state index contributed by atoms with van der Waals surface area (Å²) < 4.78 is 12.0. The number of ether oxygens (including phenoxy) is 2. The maximum atomic E-state index is 13.0. The number of fused-ring (bicyclic) bond motifs is 1. The highest BCUT2D eigenvalue weighted by atomic mass is 16.5. The lowest BCUT2D eigenvalue weighted by molar-refractivity contribution is 0.102. The molecule has 0 fully saturated rings. The topological polar surface area (TPSA) is 47.6 Å². The van der Waals surface area contributed by atoms with Crippen molar-refractivity contribution in [3.05, 3.63) is 101 Å². The Hall–Kier alpha value is -3.79. The first-order valence-corrected chi connectivity index (χ1v) is 10.8. The van der Waals surface area contributed by atoms with E-state index in [9.17, 15) is 4.79 Å². The van der Waals surface area contributed by atoms with E-state index in [0.717, 1.165) is 44.6 Å². The Morgan fingerprint density at radius 2 is 1.62 bits per heavy atom. The molecule has 0 aromatic heterocycles. The molecule has 0 spiro atoms. The van der Waals surface area contributed by atoms with Crippen molar-refractivity contribution in [1.29, 1.82) is 0 Å². The van der Waals surface area contributed by atoms with Gasteiger partial charge in [0.1, 0.15) is 18.1 Å². The Balaban J connectivity index is 1.59. The lowest BCUT2D eigenvalue weighted by Crippen LogP contribution is -2.14. The molecule has 4 nitrogen and oxygen atoms in total. The Morgan fingerprint density at radius 1 is 0.844 bits per heavy atom. The van der Waals surface area contributed by atoms with Crippen LogP contribution in [0.5, 0.6) is 11.5 Å². The molecule has 0 radical (unpaired) electrons. The summed E-state index contributed by atoms with van der Waals surface area (Å²) in [5.74, 6) is 1.36. The first kappa shape index (κ1) is 21.4. The van der Waals surface area contributed by atoms with E-state index in [1.165, 1.54) is 0 Å². The van der Waals surface area contributed by atoms with E-state index < -0.39 is 0 Å². The van der Waals surface area contributed by atoms with Crippen molar-refractivity contribution in [3.63, 3.8) is 0 Å². The van der Waals surface area contributed by atoms with Crippen LogP contribution in [0.1, 0.15) is 34.0 Å². The van der Waals surface area contributed by atoms with Crippen molar-refractivity contribution >= 4 is 22.4 Å². The van der Waals surface area contributed by atoms with Gasteiger partial charge in [-0.1, -0.05) is 48.5 Å². The van der Waals surface area contributed by atoms with Gasteiger partial charge in [-0.3, -0.25) is 4.79 Å². The Bertz CT molecular complexity index is 1260. The molecule has 0 saturated carbocycles. The highest BCUT2D eigenvalue weighted by Gasteiger charge is 2.13. The average molecular weight is 426 g/mol. The van der Waals surface area contributed by atoms with Gasteiger partial charge >= 0.3 is 0 Å². The SMILES string of the molecule is CCOc1ccc(C(=O)Nc2cccc(C)c2C)cc1COc1cccc2ccccc12. The number of aryl methyl sites for hydroxylation is 1. The zero-order chi connectivity index (χ0) is 22.5. The molecule has 0 bridgehead atoms. The van der Waals surface area contributed by atoms with Crippen molar-refractivity contribution in [2.45, 2.75) is 27.4 Å². The van der Waals surface area contributed by atoms with E-state index in [2.05, 4.69) is 17.4 Å². The quantitative estimate of drug-likeness (QED) is 0.359. The van der Waals surface area contributed by atoms with Crippen LogP contribution >= 0.6 is 0 Å². The Labute approximate surface area is 188 Å². The van der Waals surface area contributed by atoms with Gasteiger partial charge in [0.15, 0.2) is 0 Å². The number of hydrogen-bond donors (Lipinski definition) is 1. The number of anilines is 1. The Kier molecular flexibility index (Phi) is 6.41. The molecule has 4 aromatic carbocycles. The van der Waals surface area contributed by atoms with Crippen LogP contribution in [0.4, 0.5) is 5.69 Å². The number of carbonyl (C=O) groups excluding carboxylic acids is 1. The molecule has 0 atom stereocenters. The van der Waals surface area contributed by atoms with Gasteiger partial charge in [-0.05, 0) is 67.6 Å². The van der Waals surface area contributed by atoms with Gasteiger partial charge in [0.05, 0.1) is 6.61 Å². The fraction of sp³-hybridized carbons (Fsp3) is 0.179. The lowest BCUT2D eigenvalue weighted by Gasteiger charge is -2.15. The largest absolute Gasteiger partial charge is 0.493 e. The number of rotatable bonds is 7. The van der Waals surface area contributed by atoms with E-state index in [1.807, 2.05) is 81.4 Å². The molecule has 0 aliphatic carbocycles. The van der Waals surface area contributed by atoms with Gasteiger partial charge in [0.2, 0.25) is 0 Å². The molecular formula is C28H27NO3. The maximum absolute atomic E-state index is 13.0. The molecule has 0 unspecified atom stereocenters. The van der Waals surface area contributed by atoms with Crippen LogP contribution in [-0.2, 0) is 6.61 Å². The minimum Gasteiger partial charge on any atom is -0.493 e. The van der Waals surface area contributed by atoms with E-state index in [-0.39, 0.29) is 5.91 Å². The molecule has 0 heterocycles. The molecule has 1 N–H and O–H groups in total. The third-order valence-electron chi connectivity index (χ3n) is 5.61.